The average Bonchev–Trinajstić information content (AvgIpc) is 3.03. The van der Waals surface area contributed by atoms with Gasteiger partial charge in [-0.15, -0.1) is 10.2 Å². The molecule has 5 heteroatoms. The summed E-state index contributed by atoms with van der Waals surface area (Å²) in [5.41, 5.74) is 1.86. The molecular formula is C17H17N3O2. The number of phenols is 1. The molecule has 0 aliphatic rings. The fourth-order valence-electron chi connectivity index (χ4n) is 2.37. The maximum atomic E-state index is 9.83. The van der Waals surface area contributed by atoms with Crippen LogP contribution in [0.5, 0.6) is 11.5 Å². The molecule has 0 saturated heterocycles. The summed E-state index contributed by atoms with van der Waals surface area (Å²) in [6, 6.07) is 15.1. The molecule has 0 saturated carbocycles. The summed E-state index contributed by atoms with van der Waals surface area (Å²) >= 11 is 0. The van der Waals surface area contributed by atoms with E-state index in [-0.39, 0.29) is 0 Å². The summed E-state index contributed by atoms with van der Waals surface area (Å²) in [6.07, 6.45) is 3.08. The highest BCUT2D eigenvalue weighted by molar-refractivity contribution is 5.40. The molecule has 22 heavy (non-hydrogen) atoms. The van der Waals surface area contributed by atoms with Gasteiger partial charge in [-0.05, 0) is 30.2 Å². The lowest BCUT2D eigenvalue weighted by Crippen LogP contribution is -2.03. The first-order valence-electron chi connectivity index (χ1n) is 7.08. The number of para-hydroxylation sites is 1. The Kier molecular flexibility index (Phi) is 4.05. The van der Waals surface area contributed by atoms with E-state index in [4.69, 9.17) is 4.74 Å². The first kappa shape index (κ1) is 14.1. The number of aromatic hydroxyl groups is 1. The number of phenolic OH excluding ortho intramolecular Hbond substituents is 1. The van der Waals surface area contributed by atoms with Crippen molar-refractivity contribution in [3.63, 3.8) is 0 Å². The molecular weight excluding hydrogens is 278 g/mol. The molecule has 0 radical (unpaired) electrons. The Hall–Kier alpha value is -2.82. The Labute approximate surface area is 128 Å². The van der Waals surface area contributed by atoms with Crippen LogP contribution in [0.3, 0.4) is 0 Å². The number of hydrogen-bond donors (Lipinski definition) is 1. The van der Waals surface area contributed by atoms with Gasteiger partial charge in [0.1, 0.15) is 23.7 Å². The molecule has 1 heterocycles. The fourth-order valence-corrected chi connectivity index (χ4v) is 2.37. The molecule has 1 aromatic heterocycles. The number of nitrogens with zero attached hydrogens (tertiary/aromatic N) is 3. The highest BCUT2D eigenvalue weighted by atomic mass is 16.5. The highest BCUT2D eigenvalue weighted by Gasteiger charge is 2.09. The van der Waals surface area contributed by atoms with Gasteiger partial charge in [0.2, 0.25) is 0 Å². The maximum absolute atomic E-state index is 9.83. The van der Waals surface area contributed by atoms with E-state index in [2.05, 4.69) is 10.2 Å². The largest absolute Gasteiger partial charge is 0.508 e. The number of benzene rings is 2. The van der Waals surface area contributed by atoms with E-state index in [0.717, 1.165) is 22.8 Å². The molecule has 0 aliphatic carbocycles. The first-order chi connectivity index (χ1) is 10.8. The van der Waals surface area contributed by atoms with Gasteiger partial charge in [0, 0.05) is 12.5 Å². The van der Waals surface area contributed by atoms with Crippen LogP contribution in [0.1, 0.15) is 11.4 Å². The highest BCUT2D eigenvalue weighted by Crippen LogP contribution is 2.20. The second kappa shape index (κ2) is 6.30. The zero-order valence-electron chi connectivity index (χ0n) is 12.3. The van der Waals surface area contributed by atoms with E-state index >= 15 is 0 Å². The predicted octanol–water partition coefficient (Wildman–Crippen LogP) is 2.77. The van der Waals surface area contributed by atoms with Crippen LogP contribution in [0, 0.1) is 0 Å². The van der Waals surface area contributed by atoms with Gasteiger partial charge in [-0.3, -0.25) is 4.57 Å². The van der Waals surface area contributed by atoms with Crippen LogP contribution in [0.25, 0.3) is 5.69 Å². The number of methoxy groups -OCH3 is 1. The molecule has 0 unspecified atom stereocenters. The quantitative estimate of drug-likeness (QED) is 0.786. The normalized spacial score (nSPS) is 10.6. The predicted molar refractivity (Wildman–Crippen MR) is 83.4 cm³/mol. The number of aryl methyl sites for hydroxylation is 2. The lowest BCUT2D eigenvalue weighted by Gasteiger charge is -2.09. The van der Waals surface area contributed by atoms with Gasteiger partial charge in [0.15, 0.2) is 0 Å². The number of hydrogen-bond acceptors (Lipinski definition) is 4. The van der Waals surface area contributed by atoms with Crippen molar-refractivity contribution in [1.29, 1.82) is 0 Å². The van der Waals surface area contributed by atoms with Crippen molar-refractivity contribution in [1.82, 2.24) is 14.8 Å². The van der Waals surface area contributed by atoms with Gasteiger partial charge < -0.3 is 9.84 Å². The standard InChI is InChI=1S/C17H17N3O2/c1-22-15-7-4-6-14(11-15)20-12-18-19-17(20)10-9-13-5-2-3-8-16(13)21/h2-8,11-12,21H,9-10H2,1H3. The number of ether oxygens (including phenoxy) is 1. The van der Waals surface area contributed by atoms with Crippen molar-refractivity contribution >= 4 is 0 Å². The van der Waals surface area contributed by atoms with Crippen LogP contribution in [0.15, 0.2) is 54.9 Å². The maximum Gasteiger partial charge on any atom is 0.137 e. The van der Waals surface area contributed by atoms with Crippen LogP contribution in [0.2, 0.25) is 0 Å². The third-order valence-electron chi connectivity index (χ3n) is 3.56. The monoisotopic (exact) mass is 295 g/mol. The van der Waals surface area contributed by atoms with Gasteiger partial charge in [0.05, 0.1) is 12.8 Å². The van der Waals surface area contributed by atoms with Crippen LogP contribution in [-0.4, -0.2) is 27.0 Å². The summed E-state index contributed by atoms with van der Waals surface area (Å²) in [6.45, 7) is 0. The summed E-state index contributed by atoms with van der Waals surface area (Å²) in [5, 5.41) is 18.0. The molecule has 0 aliphatic heterocycles. The molecule has 2 aromatic carbocycles. The van der Waals surface area contributed by atoms with Crippen molar-refractivity contribution < 1.29 is 9.84 Å². The Morgan fingerprint density at radius 2 is 1.95 bits per heavy atom. The van der Waals surface area contributed by atoms with Crippen molar-refractivity contribution in [2.24, 2.45) is 0 Å². The van der Waals surface area contributed by atoms with Crippen molar-refractivity contribution in [3.8, 4) is 17.2 Å². The zero-order chi connectivity index (χ0) is 15.4. The minimum Gasteiger partial charge on any atom is -0.508 e. The van der Waals surface area contributed by atoms with E-state index in [1.165, 1.54) is 0 Å². The van der Waals surface area contributed by atoms with E-state index in [1.54, 1.807) is 19.5 Å². The molecule has 5 nitrogen and oxygen atoms in total. The van der Waals surface area contributed by atoms with E-state index in [0.29, 0.717) is 18.6 Å². The topological polar surface area (TPSA) is 60.2 Å². The molecule has 112 valence electrons. The minimum atomic E-state index is 0.315. The minimum absolute atomic E-state index is 0.315. The smallest absolute Gasteiger partial charge is 0.137 e. The third kappa shape index (κ3) is 2.93. The SMILES string of the molecule is COc1cccc(-n2cnnc2CCc2ccccc2O)c1. The molecule has 0 amide bonds. The van der Waals surface area contributed by atoms with Gasteiger partial charge in [-0.25, -0.2) is 0 Å². The van der Waals surface area contributed by atoms with Crippen molar-refractivity contribution in [3.05, 3.63) is 66.2 Å². The Morgan fingerprint density at radius 1 is 1.09 bits per heavy atom. The van der Waals surface area contributed by atoms with Crippen LogP contribution in [0.4, 0.5) is 0 Å². The number of rotatable bonds is 5. The average molecular weight is 295 g/mol. The van der Waals surface area contributed by atoms with E-state index in [9.17, 15) is 5.11 Å². The number of aromatic nitrogens is 3. The van der Waals surface area contributed by atoms with Gasteiger partial charge >= 0.3 is 0 Å². The van der Waals surface area contributed by atoms with Gasteiger partial charge in [-0.1, -0.05) is 24.3 Å². The first-order valence-corrected chi connectivity index (χ1v) is 7.08. The molecule has 3 rings (SSSR count). The summed E-state index contributed by atoms with van der Waals surface area (Å²) in [4.78, 5) is 0. The van der Waals surface area contributed by atoms with Gasteiger partial charge in [0.25, 0.3) is 0 Å². The third-order valence-corrected chi connectivity index (χ3v) is 3.56. The zero-order valence-corrected chi connectivity index (χ0v) is 12.3. The molecule has 1 N–H and O–H groups in total. The van der Waals surface area contributed by atoms with Crippen molar-refractivity contribution in [2.75, 3.05) is 7.11 Å². The van der Waals surface area contributed by atoms with Crippen LogP contribution < -0.4 is 4.74 Å². The lowest BCUT2D eigenvalue weighted by atomic mass is 10.1. The molecule has 0 fully saturated rings. The second-order valence-corrected chi connectivity index (χ2v) is 4.95. The molecule has 0 bridgehead atoms. The Bertz CT molecular complexity index is 768. The molecule has 0 spiro atoms. The Balaban J connectivity index is 1.82. The molecule has 3 aromatic rings. The lowest BCUT2D eigenvalue weighted by molar-refractivity contribution is 0.414. The fraction of sp³-hybridized carbons (Fsp3) is 0.176. The summed E-state index contributed by atoms with van der Waals surface area (Å²) in [7, 11) is 1.64. The second-order valence-electron chi connectivity index (χ2n) is 4.95. The summed E-state index contributed by atoms with van der Waals surface area (Å²) < 4.78 is 7.18. The van der Waals surface area contributed by atoms with Crippen molar-refractivity contribution in [2.45, 2.75) is 12.8 Å². The van der Waals surface area contributed by atoms with E-state index in [1.807, 2.05) is 47.0 Å². The Morgan fingerprint density at radius 3 is 2.77 bits per heavy atom. The van der Waals surface area contributed by atoms with E-state index < -0.39 is 0 Å². The van der Waals surface area contributed by atoms with Crippen LogP contribution >= 0.6 is 0 Å². The molecule has 0 atom stereocenters. The summed E-state index contributed by atoms with van der Waals surface area (Å²) in [5.74, 6) is 1.95. The van der Waals surface area contributed by atoms with Gasteiger partial charge in [-0.2, -0.15) is 0 Å². The van der Waals surface area contributed by atoms with Crippen LogP contribution in [-0.2, 0) is 12.8 Å².